The molecule has 194 valence electrons. The summed E-state index contributed by atoms with van der Waals surface area (Å²) >= 11 is 0.929. The Morgan fingerprint density at radius 2 is 1.75 bits per heavy atom. The van der Waals surface area contributed by atoms with Gasteiger partial charge in [-0.1, -0.05) is 12.1 Å². The monoisotopic (exact) mass is 534 g/mol. The quantitative estimate of drug-likeness (QED) is 0.462. The SMILES string of the molecule is Cn1cc(-c2cccc(C(=O)OC(C)(C)C)c2)c(S(=O)(=O)c2cnc(CNC(=O)OC(C)(C)C)s2)n1. The van der Waals surface area contributed by atoms with Crippen LogP contribution in [0.25, 0.3) is 11.1 Å². The lowest BCUT2D eigenvalue weighted by Gasteiger charge is -2.19. The smallest absolute Gasteiger partial charge is 0.408 e. The molecule has 2 heterocycles. The minimum absolute atomic E-state index is 0.0160. The van der Waals surface area contributed by atoms with Crippen molar-refractivity contribution in [2.75, 3.05) is 0 Å². The number of alkyl carbamates (subject to hydrolysis) is 1. The second-order valence-electron chi connectivity index (χ2n) is 10.0. The van der Waals surface area contributed by atoms with Crippen molar-refractivity contribution in [3.8, 4) is 11.1 Å². The molecular formula is C24H30N4O6S2. The molecule has 1 aromatic carbocycles. The first-order valence-corrected chi connectivity index (χ1v) is 13.4. The van der Waals surface area contributed by atoms with E-state index in [1.165, 1.54) is 10.9 Å². The number of aromatic nitrogens is 3. The molecule has 3 aromatic rings. The number of carbonyl (C=O) groups excluding carboxylic acids is 2. The van der Waals surface area contributed by atoms with E-state index in [9.17, 15) is 18.0 Å². The number of carbonyl (C=O) groups is 2. The molecule has 0 fully saturated rings. The molecule has 2 aromatic heterocycles. The van der Waals surface area contributed by atoms with Crippen molar-refractivity contribution in [2.45, 2.75) is 68.5 Å². The first-order chi connectivity index (χ1) is 16.5. The van der Waals surface area contributed by atoms with Gasteiger partial charge in [-0.3, -0.25) is 4.68 Å². The molecule has 1 amide bonds. The number of thiazole rings is 1. The summed E-state index contributed by atoms with van der Waals surface area (Å²) in [5, 5.41) is 6.98. The van der Waals surface area contributed by atoms with E-state index in [0.717, 1.165) is 11.3 Å². The first-order valence-electron chi connectivity index (χ1n) is 11.1. The molecule has 3 rings (SSSR count). The molecule has 0 saturated heterocycles. The van der Waals surface area contributed by atoms with E-state index < -0.39 is 33.1 Å². The van der Waals surface area contributed by atoms with Gasteiger partial charge < -0.3 is 14.8 Å². The van der Waals surface area contributed by atoms with E-state index in [-0.39, 0.29) is 15.8 Å². The number of ether oxygens (including phenoxy) is 2. The fourth-order valence-electron chi connectivity index (χ4n) is 3.07. The van der Waals surface area contributed by atoms with Crippen LogP contribution in [0.15, 0.2) is 45.9 Å². The number of esters is 1. The van der Waals surface area contributed by atoms with Crippen molar-refractivity contribution in [3.63, 3.8) is 0 Å². The number of hydrogen-bond acceptors (Lipinski definition) is 9. The lowest BCUT2D eigenvalue weighted by Crippen LogP contribution is -2.32. The van der Waals surface area contributed by atoms with E-state index in [1.807, 2.05) is 0 Å². The van der Waals surface area contributed by atoms with Crippen LogP contribution in [0.4, 0.5) is 4.79 Å². The molecule has 0 bridgehead atoms. The van der Waals surface area contributed by atoms with Crippen molar-refractivity contribution >= 4 is 33.2 Å². The number of sulfone groups is 1. The molecule has 36 heavy (non-hydrogen) atoms. The maximum absolute atomic E-state index is 13.5. The Hall–Kier alpha value is -3.25. The number of aryl methyl sites for hydroxylation is 1. The first kappa shape index (κ1) is 27.3. The molecule has 0 saturated carbocycles. The Morgan fingerprint density at radius 3 is 2.39 bits per heavy atom. The van der Waals surface area contributed by atoms with Gasteiger partial charge in [0.05, 0.1) is 18.3 Å². The standard InChI is InChI=1S/C24H30N4O6S2/c1-23(2,3)33-21(29)16-10-8-9-15(11-16)17-14-28(7)27-20(17)36(31,32)19-13-25-18(35-19)12-26-22(30)34-24(4,5)6/h8-11,13-14H,12H2,1-7H3,(H,26,30). The van der Waals surface area contributed by atoms with Gasteiger partial charge in [-0.05, 0) is 59.2 Å². The highest BCUT2D eigenvalue weighted by atomic mass is 32.2. The second-order valence-corrected chi connectivity index (χ2v) is 13.2. The second kappa shape index (κ2) is 10.0. The number of benzene rings is 1. The van der Waals surface area contributed by atoms with E-state index in [1.54, 1.807) is 79.1 Å². The van der Waals surface area contributed by atoms with Crippen LogP contribution in [0.5, 0.6) is 0 Å². The van der Waals surface area contributed by atoms with Gasteiger partial charge in [0.15, 0.2) is 5.03 Å². The molecule has 12 heteroatoms. The highest BCUT2D eigenvalue weighted by molar-refractivity contribution is 7.93. The Kier molecular flexibility index (Phi) is 7.61. The maximum Gasteiger partial charge on any atom is 0.408 e. The zero-order valence-corrected chi connectivity index (χ0v) is 22.9. The van der Waals surface area contributed by atoms with Crippen molar-refractivity contribution in [1.29, 1.82) is 0 Å². The summed E-state index contributed by atoms with van der Waals surface area (Å²) in [6, 6.07) is 6.54. The summed E-state index contributed by atoms with van der Waals surface area (Å²) in [6.45, 7) is 10.6. The van der Waals surface area contributed by atoms with E-state index in [4.69, 9.17) is 9.47 Å². The molecule has 0 unspecified atom stereocenters. The van der Waals surface area contributed by atoms with Crippen LogP contribution >= 0.6 is 11.3 Å². The fraction of sp³-hybridized carbons (Fsp3) is 0.417. The van der Waals surface area contributed by atoms with Gasteiger partial charge in [0.1, 0.15) is 20.4 Å². The largest absolute Gasteiger partial charge is 0.456 e. The third-order valence-electron chi connectivity index (χ3n) is 4.44. The van der Waals surface area contributed by atoms with Crippen LogP contribution in [0.1, 0.15) is 56.9 Å². The van der Waals surface area contributed by atoms with Crippen molar-refractivity contribution in [2.24, 2.45) is 7.05 Å². The van der Waals surface area contributed by atoms with E-state index in [0.29, 0.717) is 21.7 Å². The van der Waals surface area contributed by atoms with Crippen LogP contribution < -0.4 is 5.32 Å². The Morgan fingerprint density at radius 1 is 1.08 bits per heavy atom. The Bertz CT molecular complexity index is 1380. The minimum Gasteiger partial charge on any atom is -0.456 e. The molecule has 10 nitrogen and oxygen atoms in total. The van der Waals surface area contributed by atoms with Gasteiger partial charge >= 0.3 is 12.1 Å². The summed E-state index contributed by atoms with van der Waals surface area (Å²) in [4.78, 5) is 28.6. The number of rotatable bonds is 6. The fourth-order valence-corrected chi connectivity index (χ4v) is 5.70. The topological polar surface area (TPSA) is 129 Å². The number of hydrogen-bond donors (Lipinski definition) is 1. The lowest BCUT2D eigenvalue weighted by molar-refractivity contribution is 0.00692. The predicted octanol–water partition coefficient (Wildman–Crippen LogP) is 4.36. The van der Waals surface area contributed by atoms with Crippen LogP contribution in [-0.4, -0.2) is 46.4 Å². The average molecular weight is 535 g/mol. The predicted molar refractivity (Wildman–Crippen MR) is 134 cm³/mol. The van der Waals surface area contributed by atoms with E-state index in [2.05, 4.69) is 15.4 Å². The molecule has 0 spiro atoms. The number of amides is 1. The molecule has 0 aliphatic heterocycles. The van der Waals surface area contributed by atoms with Crippen LogP contribution in [0, 0.1) is 0 Å². The molecule has 0 radical (unpaired) electrons. The van der Waals surface area contributed by atoms with Gasteiger partial charge in [0.25, 0.3) is 0 Å². The summed E-state index contributed by atoms with van der Waals surface area (Å²) in [7, 11) is -2.43. The van der Waals surface area contributed by atoms with Crippen LogP contribution in [0.3, 0.4) is 0 Å². The highest BCUT2D eigenvalue weighted by Gasteiger charge is 2.29. The minimum atomic E-state index is -4.04. The van der Waals surface area contributed by atoms with Gasteiger partial charge in [0, 0.05) is 18.8 Å². The highest BCUT2D eigenvalue weighted by Crippen LogP contribution is 2.33. The maximum atomic E-state index is 13.5. The van der Waals surface area contributed by atoms with Crippen molar-refractivity contribution in [3.05, 3.63) is 47.2 Å². The number of nitrogens with one attached hydrogen (secondary N) is 1. The van der Waals surface area contributed by atoms with Crippen molar-refractivity contribution in [1.82, 2.24) is 20.1 Å². The Balaban J connectivity index is 1.88. The zero-order chi connectivity index (χ0) is 26.9. The molecular weight excluding hydrogens is 504 g/mol. The molecule has 0 aliphatic rings. The molecule has 0 atom stereocenters. The molecule has 1 N–H and O–H groups in total. The van der Waals surface area contributed by atoms with Crippen LogP contribution in [-0.2, 0) is 32.9 Å². The average Bonchev–Trinajstić information content (AvgIpc) is 3.37. The van der Waals surface area contributed by atoms with E-state index >= 15 is 0 Å². The van der Waals surface area contributed by atoms with Gasteiger partial charge in [-0.2, -0.15) is 5.10 Å². The number of nitrogens with zero attached hydrogens (tertiary/aromatic N) is 3. The zero-order valence-electron chi connectivity index (χ0n) is 21.3. The summed E-state index contributed by atoms with van der Waals surface area (Å²) in [6.07, 6.45) is 2.19. The van der Waals surface area contributed by atoms with Gasteiger partial charge in [0.2, 0.25) is 9.84 Å². The van der Waals surface area contributed by atoms with Gasteiger partial charge in [-0.25, -0.2) is 23.0 Å². The summed E-state index contributed by atoms with van der Waals surface area (Å²) in [5.74, 6) is -0.512. The normalized spacial score (nSPS) is 12.3. The third kappa shape index (κ3) is 6.91. The Labute approximate surface area is 214 Å². The lowest BCUT2D eigenvalue weighted by atomic mass is 10.1. The van der Waals surface area contributed by atoms with Crippen molar-refractivity contribution < 1.29 is 27.5 Å². The molecule has 0 aliphatic carbocycles. The van der Waals surface area contributed by atoms with Crippen LogP contribution in [0.2, 0.25) is 0 Å². The summed E-state index contributed by atoms with van der Waals surface area (Å²) in [5.41, 5.74) is -0.190. The third-order valence-corrected chi connectivity index (χ3v) is 7.58. The van der Waals surface area contributed by atoms with Gasteiger partial charge in [-0.15, -0.1) is 11.3 Å². The summed E-state index contributed by atoms with van der Waals surface area (Å²) < 4.78 is 38.9.